The Morgan fingerprint density at radius 3 is 1.40 bits per heavy atom. The molecule has 0 unspecified atom stereocenters. The Hall–Kier alpha value is -5.66. The largest absolute Gasteiger partial charge is 0.449 e. The van der Waals surface area contributed by atoms with E-state index >= 15 is 0 Å². The number of carbonyl (C=O) groups is 4. The summed E-state index contributed by atoms with van der Waals surface area (Å²) in [5.74, 6) is 1.29. The van der Waals surface area contributed by atoms with E-state index < -0.39 is 24.3 Å². The lowest BCUT2D eigenvalue weighted by atomic mass is 10.0. The van der Waals surface area contributed by atoms with Crippen molar-refractivity contribution in [2.45, 2.75) is 62.7 Å². The van der Waals surface area contributed by atoms with Crippen LogP contribution in [-0.2, 0) is 19.1 Å². The Kier molecular flexibility index (Phi) is 8.43. The van der Waals surface area contributed by atoms with Crippen molar-refractivity contribution in [3.8, 4) is 33.6 Å². The van der Waals surface area contributed by atoms with Gasteiger partial charge in [-0.2, -0.15) is 0 Å². The normalized spacial score (nSPS) is 23.6. The second kappa shape index (κ2) is 13.3. The van der Waals surface area contributed by atoms with E-state index in [1.54, 1.807) is 12.4 Å². The van der Waals surface area contributed by atoms with Crippen LogP contribution in [0.4, 0.5) is 9.59 Å². The van der Waals surface area contributed by atoms with Crippen LogP contribution in [0.15, 0.2) is 60.9 Å². The first-order valence-electron chi connectivity index (χ1n) is 17.2. The number of hydrogen-bond donors (Lipinski definition) is 4. The van der Waals surface area contributed by atoms with Crippen LogP contribution >= 0.6 is 0 Å². The molecule has 4 aromatic rings. The van der Waals surface area contributed by atoms with Gasteiger partial charge in [-0.3, -0.25) is 9.59 Å². The van der Waals surface area contributed by atoms with Crippen LogP contribution in [0.25, 0.3) is 33.6 Å². The van der Waals surface area contributed by atoms with Gasteiger partial charge in [-0.25, -0.2) is 19.6 Å². The SMILES string of the molecule is O=C1N[C@H](C(=O)N2CCC[C@H]2c2ncc(-c3ccc(-c4ccc(-c5cnc([C@@H]6CCCN6C(=O)[C@@H]6CCOC(=O)N6)[nH]5)cc4)cc3)[nH]2)CCO1. The molecule has 4 N–H and O–H groups in total. The number of nitrogens with one attached hydrogen (secondary N) is 4. The monoisotopic (exact) mass is 678 g/mol. The molecule has 8 rings (SSSR count). The quantitative estimate of drug-likeness (QED) is 0.222. The molecule has 4 amide bonds. The lowest BCUT2D eigenvalue weighted by molar-refractivity contribution is -0.136. The van der Waals surface area contributed by atoms with Gasteiger partial charge in [-0.05, 0) is 47.9 Å². The van der Waals surface area contributed by atoms with E-state index in [1.165, 1.54) is 0 Å². The zero-order valence-corrected chi connectivity index (χ0v) is 27.4. The Morgan fingerprint density at radius 2 is 1.00 bits per heavy atom. The van der Waals surface area contributed by atoms with Crippen molar-refractivity contribution in [2.75, 3.05) is 26.3 Å². The number of amides is 4. The van der Waals surface area contributed by atoms with E-state index in [1.807, 2.05) is 9.80 Å². The molecule has 258 valence electrons. The number of hydrogen-bond acceptors (Lipinski definition) is 8. The minimum atomic E-state index is -0.570. The number of aromatic amines is 2. The molecule has 14 nitrogen and oxygen atoms in total. The van der Waals surface area contributed by atoms with Crippen molar-refractivity contribution in [1.82, 2.24) is 40.4 Å². The predicted molar refractivity (Wildman–Crippen MR) is 180 cm³/mol. The molecule has 0 radical (unpaired) electrons. The molecular formula is C36H38N8O6. The van der Waals surface area contributed by atoms with Gasteiger partial charge in [0.05, 0.1) is 49.1 Å². The molecule has 2 aromatic heterocycles. The number of carbonyl (C=O) groups excluding carboxylic acids is 4. The predicted octanol–water partition coefficient (Wildman–Crippen LogP) is 4.46. The number of alkyl carbamates (subject to hydrolysis) is 2. The van der Waals surface area contributed by atoms with Gasteiger partial charge in [0.15, 0.2) is 0 Å². The highest BCUT2D eigenvalue weighted by Crippen LogP contribution is 2.35. The molecule has 4 saturated heterocycles. The summed E-state index contributed by atoms with van der Waals surface area (Å²) in [7, 11) is 0. The fourth-order valence-electron chi connectivity index (χ4n) is 7.44. The van der Waals surface area contributed by atoms with E-state index in [-0.39, 0.29) is 37.1 Å². The van der Waals surface area contributed by atoms with Crippen molar-refractivity contribution < 1.29 is 28.7 Å². The number of cyclic esters (lactones) is 2. The molecule has 4 fully saturated rings. The van der Waals surface area contributed by atoms with Crippen molar-refractivity contribution in [2.24, 2.45) is 0 Å². The maximum absolute atomic E-state index is 13.2. The first-order valence-corrected chi connectivity index (χ1v) is 17.2. The number of H-pyrrole nitrogens is 2. The van der Waals surface area contributed by atoms with Gasteiger partial charge in [0.2, 0.25) is 11.8 Å². The zero-order chi connectivity index (χ0) is 34.2. The van der Waals surface area contributed by atoms with Gasteiger partial charge in [0.25, 0.3) is 0 Å². The maximum atomic E-state index is 13.2. The summed E-state index contributed by atoms with van der Waals surface area (Å²) in [5, 5.41) is 5.28. The average molecular weight is 679 g/mol. The summed E-state index contributed by atoms with van der Waals surface area (Å²) in [6, 6.07) is 15.0. The smallest absolute Gasteiger partial charge is 0.407 e. The van der Waals surface area contributed by atoms with Crippen LogP contribution in [-0.4, -0.2) is 92.1 Å². The minimum absolute atomic E-state index is 0.0964. The van der Waals surface area contributed by atoms with E-state index in [9.17, 15) is 19.2 Å². The standard InChI is InChI=1S/C36H38N8O6/c45-33(25-13-17-49-35(47)41-25)43-15-1-3-29(43)31-37-19-27(39-31)23-9-5-21(6-10-23)22-7-11-24(12-8-22)28-20-38-32(40-28)30-4-2-16-44(30)34(46)26-14-18-50-36(48)42-26/h5-12,19-20,25-26,29-30H,1-4,13-18H2,(H,37,39)(H,38,40)(H,41,47)(H,42,48)/t25-,26-,29-,30-/m0/s1. The number of imidazole rings is 2. The molecule has 50 heavy (non-hydrogen) atoms. The third kappa shape index (κ3) is 6.16. The summed E-state index contributed by atoms with van der Waals surface area (Å²) >= 11 is 0. The van der Waals surface area contributed by atoms with Gasteiger partial charge >= 0.3 is 12.2 Å². The first-order chi connectivity index (χ1) is 24.4. The summed E-state index contributed by atoms with van der Waals surface area (Å²) < 4.78 is 9.85. The molecule has 4 aliphatic rings. The van der Waals surface area contributed by atoms with Gasteiger partial charge in [-0.1, -0.05) is 48.5 Å². The molecule has 0 bridgehead atoms. The maximum Gasteiger partial charge on any atom is 0.407 e. The highest BCUT2D eigenvalue weighted by molar-refractivity contribution is 5.87. The van der Waals surface area contributed by atoms with Crippen LogP contribution in [0.3, 0.4) is 0 Å². The summed E-state index contributed by atoms with van der Waals surface area (Å²) in [6.07, 6.45) is 6.78. The van der Waals surface area contributed by atoms with Crippen molar-refractivity contribution >= 4 is 24.0 Å². The van der Waals surface area contributed by atoms with E-state index in [0.717, 1.165) is 71.0 Å². The zero-order valence-electron chi connectivity index (χ0n) is 27.4. The van der Waals surface area contributed by atoms with Crippen molar-refractivity contribution in [3.05, 3.63) is 72.6 Å². The van der Waals surface area contributed by atoms with Crippen LogP contribution < -0.4 is 10.6 Å². The number of benzene rings is 2. The minimum Gasteiger partial charge on any atom is -0.449 e. The van der Waals surface area contributed by atoms with Gasteiger partial charge in [0.1, 0.15) is 23.7 Å². The summed E-state index contributed by atoms with van der Waals surface area (Å²) in [5.41, 5.74) is 5.85. The number of aromatic nitrogens is 4. The Labute approximate surface area is 287 Å². The highest BCUT2D eigenvalue weighted by atomic mass is 16.6. The molecule has 2 aromatic carbocycles. The molecule has 4 aliphatic heterocycles. The number of ether oxygens (including phenoxy) is 2. The lowest BCUT2D eigenvalue weighted by Gasteiger charge is -2.30. The first kappa shape index (κ1) is 31.6. The van der Waals surface area contributed by atoms with Gasteiger partial charge in [0, 0.05) is 25.9 Å². The lowest BCUT2D eigenvalue weighted by Crippen LogP contribution is -2.51. The number of nitrogens with zero attached hydrogens (tertiary/aromatic N) is 4. The average Bonchev–Trinajstić information content (AvgIpc) is 3.98. The Morgan fingerprint density at radius 1 is 0.600 bits per heavy atom. The molecule has 14 heteroatoms. The van der Waals surface area contributed by atoms with E-state index in [4.69, 9.17) is 9.47 Å². The highest BCUT2D eigenvalue weighted by Gasteiger charge is 2.39. The summed E-state index contributed by atoms with van der Waals surface area (Å²) in [4.78, 5) is 69.5. The second-order valence-corrected chi connectivity index (χ2v) is 13.1. The van der Waals surface area contributed by atoms with Crippen LogP contribution in [0.2, 0.25) is 0 Å². The van der Waals surface area contributed by atoms with Crippen LogP contribution in [0, 0.1) is 0 Å². The third-order valence-corrected chi connectivity index (χ3v) is 10.1. The third-order valence-electron chi connectivity index (χ3n) is 10.1. The molecule has 4 atom stereocenters. The molecular weight excluding hydrogens is 640 g/mol. The van der Waals surface area contributed by atoms with E-state index in [0.29, 0.717) is 25.9 Å². The van der Waals surface area contributed by atoms with E-state index in [2.05, 4.69) is 79.1 Å². The van der Waals surface area contributed by atoms with Crippen LogP contribution in [0.1, 0.15) is 62.3 Å². The van der Waals surface area contributed by atoms with Crippen LogP contribution in [0.5, 0.6) is 0 Å². The molecule has 6 heterocycles. The topological polar surface area (TPSA) is 175 Å². The molecule has 0 saturated carbocycles. The van der Waals surface area contributed by atoms with Gasteiger partial charge < -0.3 is 39.9 Å². The fraction of sp³-hybridized carbons (Fsp3) is 0.389. The second-order valence-electron chi connectivity index (χ2n) is 13.1. The molecule has 0 spiro atoms. The molecule has 0 aliphatic carbocycles. The van der Waals surface area contributed by atoms with Gasteiger partial charge in [-0.15, -0.1) is 0 Å². The number of rotatable bonds is 7. The van der Waals surface area contributed by atoms with Crippen molar-refractivity contribution in [1.29, 1.82) is 0 Å². The Bertz CT molecular complexity index is 1770. The number of likely N-dealkylation sites (tertiary alicyclic amines) is 2. The fourth-order valence-corrected chi connectivity index (χ4v) is 7.44. The van der Waals surface area contributed by atoms with Crippen molar-refractivity contribution in [3.63, 3.8) is 0 Å². The Balaban J connectivity index is 0.914. The summed E-state index contributed by atoms with van der Waals surface area (Å²) in [6.45, 7) is 1.73.